The molecule has 0 aromatic heterocycles. The lowest BCUT2D eigenvalue weighted by molar-refractivity contribution is -0.127. The second-order valence-electron chi connectivity index (χ2n) is 6.19. The molecular formula is C18H29IN4O2. The van der Waals surface area contributed by atoms with Crippen LogP contribution in [0.3, 0.4) is 0 Å². The van der Waals surface area contributed by atoms with Crippen LogP contribution in [0.5, 0.6) is 0 Å². The Hall–Kier alpha value is -1.35. The Bertz CT molecular complexity index is 551. The van der Waals surface area contributed by atoms with Crippen LogP contribution in [0.15, 0.2) is 35.3 Å². The van der Waals surface area contributed by atoms with Crippen molar-refractivity contribution in [3.8, 4) is 0 Å². The van der Waals surface area contributed by atoms with Gasteiger partial charge in [-0.2, -0.15) is 0 Å². The van der Waals surface area contributed by atoms with Crippen LogP contribution in [-0.4, -0.2) is 75.7 Å². The lowest BCUT2D eigenvalue weighted by Gasteiger charge is -2.22. The molecule has 0 spiro atoms. The van der Waals surface area contributed by atoms with E-state index in [4.69, 9.17) is 4.74 Å². The van der Waals surface area contributed by atoms with Crippen molar-refractivity contribution in [2.45, 2.75) is 12.3 Å². The van der Waals surface area contributed by atoms with Gasteiger partial charge in [-0.15, -0.1) is 24.0 Å². The molecule has 140 valence electrons. The molecule has 0 radical (unpaired) electrons. The van der Waals surface area contributed by atoms with E-state index in [9.17, 15) is 4.79 Å². The first-order valence-corrected chi connectivity index (χ1v) is 8.39. The Morgan fingerprint density at radius 1 is 1.36 bits per heavy atom. The van der Waals surface area contributed by atoms with E-state index >= 15 is 0 Å². The number of hydrogen-bond donors (Lipinski definition) is 1. The van der Waals surface area contributed by atoms with Crippen LogP contribution >= 0.6 is 24.0 Å². The summed E-state index contributed by atoms with van der Waals surface area (Å²) in [5, 5.41) is 3.31. The van der Waals surface area contributed by atoms with E-state index in [2.05, 4.69) is 39.5 Å². The summed E-state index contributed by atoms with van der Waals surface area (Å²) >= 11 is 0. The number of nitrogens with one attached hydrogen (secondary N) is 1. The van der Waals surface area contributed by atoms with E-state index < -0.39 is 0 Å². The van der Waals surface area contributed by atoms with Gasteiger partial charge < -0.3 is 19.9 Å². The smallest absolute Gasteiger partial charge is 0.243 e. The summed E-state index contributed by atoms with van der Waals surface area (Å²) in [5.74, 6) is 1.30. The van der Waals surface area contributed by atoms with E-state index in [1.807, 2.05) is 6.07 Å². The SMILES string of the molecule is COCCNC(=NCC(=O)N(C)C)N1CCC(c2ccccc2)C1.I. The summed E-state index contributed by atoms with van der Waals surface area (Å²) in [5.41, 5.74) is 1.36. The van der Waals surface area contributed by atoms with Gasteiger partial charge in [0, 0.05) is 46.8 Å². The molecule has 1 aliphatic rings. The first kappa shape index (κ1) is 21.7. The van der Waals surface area contributed by atoms with Gasteiger partial charge in [-0.25, -0.2) is 4.99 Å². The largest absolute Gasteiger partial charge is 0.383 e. The summed E-state index contributed by atoms with van der Waals surface area (Å²) in [6.07, 6.45) is 1.09. The summed E-state index contributed by atoms with van der Waals surface area (Å²) in [6.45, 7) is 3.30. The molecule has 0 bridgehead atoms. The maximum atomic E-state index is 11.8. The minimum Gasteiger partial charge on any atom is -0.383 e. The van der Waals surface area contributed by atoms with Crippen molar-refractivity contribution in [1.82, 2.24) is 15.1 Å². The molecule has 1 saturated heterocycles. The number of methoxy groups -OCH3 is 1. The first-order chi connectivity index (χ1) is 11.6. The second kappa shape index (κ2) is 11.3. The highest BCUT2D eigenvalue weighted by atomic mass is 127. The number of likely N-dealkylation sites (tertiary alicyclic amines) is 1. The van der Waals surface area contributed by atoms with Crippen LogP contribution in [0.2, 0.25) is 0 Å². The van der Waals surface area contributed by atoms with Crippen molar-refractivity contribution in [3.63, 3.8) is 0 Å². The Morgan fingerprint density at radius 2 is 2.08 bits per heavy atom. The number of hydrogen-bond acceptors (Lipinski definition) is 3. The molecule has 1 fully saturated rings. The minimum atomic E-state index is -0.000141. The monoisotopic (exact) mass is 460 g/mol. The molecule has 2 rings (SSSR count). The van der Waals surface area contributed by atoms with Gasteiger partial charge in [0.25, 0.3) is 0 Å². The van der Waals surface area contributed by atoms with Crippen molar-refractivity contribution in [3.05, 3.63) is 35.9 Å². The van der Waals surface area contributed by atoms with Crippen LogP contribution in [0.25, 0.3) is 0 Å². The topological polar surface area (TPSA) is 57.2 Å². The molecule has 1 atom stereocenters. The molecule has 25 heavy (non-hydrogen) atoms. The van der Waals surface area contributed by atoms with Gasteiger partial charge in [0.15, 0.2) is 5.96 Å². The standard InChI is InChI=1S/C18H28N4O2.HI/c1-21(2)17(23)13-20-18(19-10-12-24-3)22-11-9-16(14-22)15-7-5-4-6-8-15;/h4-8,16H,9-14H2,1-3H3,(H,19,20);1H. The van der Waals surface area contributed by atoms with Crippen molar-refractivity contribution >= 4 is 35.8 Å². The number of aliphatic imine (C=N–C) groups is 1. The zero-order valence-corrected chi connectivity index (χ0v) is 17.6. The lowest BCUT2D eigenvalue weighted by atomic mass is 9.99. The van der Waals surface area contributed by atoms with Crippen LogP contribution in [-0.2, 0) is 9.53 Å². The first-order valence-electron chi connectivity index (χ1n) is 8.39. The van der Waals surface area contributed by atoms with Gasteiger partial charge in [-0.05, 0) is 12.0 Å². The molecule has 7 heteroatoms. The van der Waals surface area contributed by atoms with E-state index in [0.717, 1.165) is 25.5 Å². The summed E-state index contributed by atoms with van der Waals surface area (Å²) < 4.78 is 5.10. The fraction of sp³-hybridized carbons (Fsp3) is 0.556. The highest BCUT2D eigenvalue weighted by molar-refractivity contribution is 14.0. The molecule has 1 aromatic rings. The normalized spacial score (nSPS) is 17.2. The maximum absolute atomic E-state index is 11.8. The molecule has 1 aliphatic heterocycles. The van der Waals surface area contributed by atoms with E-state index in [1.165, 1.54) is 5.56 Å². The number of likely N-dealkylation sites (N-methyl/N-ethyl adjacent to an activating group) is 1. The van der Waals surface area contributed by atoms with Gasteiger partial charge in [-0.3, -0.25) is 4.79 Å². The van der Waals surface area contributed by atoms with E-state index in [-0.39, 0.29) is 36.4 Å². The zero-order chi connectivity index (χ0) is 17.4. The van der Waals surface area contributed by atoms with Gasteiger partial charge >= 0.3 is 0 Å². The van der Waals surface area contributed by atoms with Crippen LogP contribution in [0, 0.1) is 0 Å². The molecule has 1 N–H and O–H groups in total. The van der Waals surface area contributed by atoms with Gasteiger partial charge in [0.2, 0.25) is 5.91 Å². The number of carbonyl (C=O) groups excluding carboxylic acids is 1. The third kappa shape index (κ3) is 6.81. The highest BCUT2D eigenvalue weighted by Crippen LogP contribution is 2.26. The van der Waals surface area contributed by atoms with Crippen LogP contribution in [0.1, 0.15) is 17.9 Å². The molecule has 0 aliphatic carbocycles. The molecule has 1 heterocycles. The number of ether oxygens (including phenoxy) is 1. The molecule has 0 saturated carbocycles. The van der Waals surface area contributed by atoms with E-state index in [1.54, 1.807) is 26.1 Å². The predicted octanol–water partition coefficient (Wildman–Crippen LogP) is 1.77. The highest BCUT2D eigenvalue weighted by Gasteiger charge is 2.26. The molecule has 1 amide bonds. The number of amides is 1. The Morgan fingerprint density at radius 3 is 2.72 bits per heavy atom. The molecule has 1 aromatic carbocycles. The predicted molar refractivity (Wildman–Crippen MR) is 112 cm³/mol. The van der Waals surface area contributed by atoms with Gasteiger partial charge in [-0.1, -0.05) is 30.3 Å². The van der Waals surface area contributed by atoms with Crippen LogP contribution in [0.4, 0.5) is 0 Å². The minimum absolute atomic E-state index is 0. The number of nitrogens with zero attached hydrogens (tertiary/aromatic N) is 3. The fourth-order valence-corrected chi connectivity index (χ4v) is 2.77. The second-order valence-corrected chi connectivity index (χ2v) is 6.19. The van der Waals surface area contributed by atoms with Crippen molar-refractivity contribution < 1.29 is 9.53 Å². The molecule has 6 nitrogen and oxygen atoms in total. The summed E-state index contributed by atoms with van der Waals surface area (Å²) in [7, 11) is 5.17. The van der Waals surface area contributed by atoms with Crippen molar-refractivity contribution in [2.75, 3.05) is 54.0 Å². The maximum Gasteiger partial charge on any atom is 0.243 e. The Balaban J connectivity index is 0.00000312. The lowest BCUT2D eigenvalue weighted by Crippen LogP contribution is -2.42. The van der Waals surface area contributed by atoms with Crippen molar-refractivity contribution in [2.24, 2.45) is 4.99 Å². The number of carbonyl (C=O) groups is 1. The number of guanidine groups is 1. The van der Waals surface area contributed by atoms with Crippen LogP contribution < -0.4 is 5.32 Å². The Labute approximate surface area is 167 Å². The van der Waals surface area contributed by atoms with Gasteiger partial charge in [0.05, 0.1) is 6.61 Å². The zero-order valence-electron chi connectivity index (χ0n) is 15.3. The number of halogens is 1. The summed E-state index contributed by atoms with van der Waals surface area (Å²) in [4.78, 5) is 20.1. The Kier molecular flexibility index (Phi) is 9.81. The molecule has 1 unspecified atom stereocenters. The summed E-state index contributed by atoms with van der Waals surface area (Å²) in [6, 6.07) is 10.6. The average molecular weight is 460 g/mol. The average Bonchev–Trinajstić information content (AvgIpc) is 3.08. The third-order valence-electron chi connectivity index (χ3n) is 4.21. The van der Waals surface area contributed by atoms with Gasteiger partial charge in [0.1, 0.15) is 6.54 Å². The van der Waals surface area contributed by atoms with E-state index in [0.29, 0.717) is 19.1 Å². The quantitative estimate of drug-likeness (QED) is 0.305. The fourth-order valence-electron chi connectivity index (χ4n) is 2.77. The number of rotatable bonds is 6. The molecular weight excluding hydrogens is 431 g/mol. The van der Waals surface area contributed by atoms with Crippen molar-refractivity contribution in [1.29, 1.82) is 0 Å². The number of benzene rings is 1. The third-order valence-corrected chi connectivity index (χ3v) is 4.21.